The average molecular weight is 210 g/mol. The molecule has 0 radical (unpaired) electrons. The highest BCUT2D eigenvalue weighted by molar-refractivity contribution is 8.08. The van der Waals surface area contributed by atoms with E-state index in [1.165, 1.54) is 7.11 Å². The number of hydrogen-bond donors (Lipinski definition) is 1. The highest BCUT2D eigenvalue weighted by atomic mass is 32.2. The van der Waals surface area contributed by atoms with Crippen LogP contribution in [0.1, 0.15) is 5.56 Å². The van der Waals surface area contributed by atoms with Gasteiger partial charge in [0.25, 0.3) is 0 Å². The third-order valence-electron chi connectivity index (χ3n) is 2.06. The summed E-state index contributed by atoms with van der Waals surface area (Å²) in [5, 5.41) is 6.61. The van der Waals surface area contributed by atoms with Crippen molar-refractivity contribution in [2.45, 2.75) is 0 Å². The second-order valence-electron chi connectivity index (χ2n) is 2.96. The lowest BCUT2D eigenvalue weighted by atomic mass is 10.1. The fourth-order valence-corrected chi connectivity index (χ4v) is 2.44. The standard InChI is InChI=1S/C9H10N2O2S/c1-13-9(12)6-2-8(14-5-6)7-3-10-11-4-7/h2-4,6H,5H2,1H3,(H,10,11). The molecule has 1 unspecified atom stereocenters. The largest absolute Gasteiger partial charge is 0.469 e. The van der Waals surface area contributed by atoms with Crippen molar-refractivity contribution in [1.82, 2.24) is 10.2 Å². The first kappa shape index (κ1) is 9.33. The van der Waals surface area contributed by atoms with Crippen molar-refractivity contribution in [3.05, 3.63) is 24.0 Å². The Bertz CT molecular complexity index is 359. The zero-order chi connectivity index (χ0) is 9.97. The zero-order valence-electron chi connectivity index (χ0n) is 7.69. The van der Waals surface area contributed by atoms with E-state index in [0.717, 1.165) is 16.2 Å². The lowest BCUT2D eigenvalue weighted by Crippen LogP contribution is -2.13. The maximum Gasteiger partial charge on any atom is 0.313 e. The fraction of sp³-hybridized carbons (Fsp3) is 0.333. The van der Waals surface area contributed by atoms with E-state index in [1.54, 1.807) is 18.0 Å². The van der Waals surface area contributed by atoms with Crippen molar-refractivity contribution in [3.63, 3.8) is 0 Å². The van der Waals surface area contributed by atoms with Gasteiger partial charge in [0.15, 0.2) is 0 Å². The van der Waals surface area contributed by atoms with E-state index in [-0.39, 0.29) is 11.9 Å². The van der Waals surface area contributed by atoms with Gasteiger partial charge in [-0.1, -0.05) is 6.08 Å². The van der Waals surface area contributed by atoms with E-state index in [4.69, 9.17) is 0 Å². The van der Waals surface area contributed by atoms with Crippen LogP contribution in [0.25, 0.3) is 4.91 Å². The summed E-state index contributed by atoms with van der Waals surface area (Å²) < 4.78 is 4.68. The van der Waals surface area contributed by atoms with Crippen molar-refractivity contribution in [2.75, 3.05) is 12.9 Å². The van der Waals surface area contributed by atoms with Gasteiger partial charge in [0, 0.05) is 22.4 Å². The van der Waals surface area contributed by atoms with E-state index in [9.17, 15) is 4.79 Å². The summed E-state index contributed by atoms with van der Waals surface area (Å²) >= 11 is 1.65. The predicted molar refractivity (Wildman–Crippen MR) is 54.5 cm³/mol. The number of aromatic amines is 1. The number of thioether (sulfide) groups is 1. The Morgan fingerprint density at radius 3 is 3.29 bits per heavy atom. The minimum Gasteiger partial charge on any atom is -0.469 e. The van der Waals surface area contributed by atoms with Gasteiger partial charge in [-0.25, -0.2) is 0 Å². The van der Waals surface area contributed by atoms with E-state index < -0.39 is 0 Å². The zero-order valence-corrected chi connectivity index (χ0v) is 8.50. The van der Waals surface area contributed by atoms with E-state index in [0.29, 0.717) is 0 Å². The quantitative estimate of drug-likeness (QED) is 0.747. The van der Waals surface area contributed by atoms with Crippen LogP contribution >= 0.6 is 11.8 Å². The van der Waals surface area contributed by atoms with Gasteiger partial charge < -0.3 is 4.74 Å². The van der Waals surface area contributed by atoms with E-state index >= 15 is 0 Å². The molecule has 1 N–H and O–H groups in total. The summed E-state index contributed by atoms with van der Waals surface area (Å²) in [6, 6.07) is 0. The predicted octanol–water partition coefficient (Wildman–Crippen LogP) is 1.29. The minimum absolute atomic E-state index is 0.116. The molecule has 0 aromatic carbocycles. The molecule has 0 fully saturated rings. The maximum absolute atomic E-state index is 11.2. The molecule has 0 saturated carbocycles. The first-order valence-electron chi connectivity index (χ1n) is 4.23. The van der Waals surface area contributed by atoms with Gasteiger partial charge in [-0.2, -0.15) is 5.10 Å². The van der Waals surface area contributed by atoms with Crippen molar-refractivity contribution in [1.29, 1.82) is 0 Å². The third-order valence-corrected chi connectivity index (χ3v) is 3.27. The Balaban J connectivity index is 2.14. The summed E-state index contributed by atoms with van der Waals surface area (Å²) in [5.41, 5.74) is 1.03. The first-order valence-corrected chi connectivity index (χ1v) is 5.21. The molecule has 0 bridgehead atoms. The fourth-order valence-electron chi connectivity index (χ4n) is 1.31. The molecule has 1 atom stereocenters. The van der Waals surface area contributed by atoms with Gasteiger partial charge in [0.1, 0.15) is 0 Å². The van der Waals surface area contributed by atoms with Crippen LogP contribution in [0.3, 0.4) is 0 Å². The van der Waals surface area contributed by atoms with Gasteiger partial charge in [-0.3, -0.25) is 9.89 Å². The average Bonchev–Trinajstić information content (AvgIpc) is 2.86. The first-order chi connectivity index (χ1) is 6.81. The topological polar surface area (TPSA) is 55.0 Å². The Morgan fingerprint density at radius 1 is 1.79 bits per heavy atom. The molecule has 14 heavy (non-hydrogen) atoms. The molecule has 1 aromatic rings. The molecular weight excluding hydrogens is 200 g/mol. The lowest BCUT2D eigenvalue weighted by Gasteiger charge is -2.01. The highest BCUT2D eigenvalue weighted by Crippen LogP contribution is 2.36. The number of hydrogen-bond acceptors (Lipinski definition) is 4. The van der Waals surface area contributed by atoms with Crippen LogP contribution in [0.15, 0.2) is 18.5 Å². The molecule has 74 valence electrons. The normalized spacial score (nSPS) is 20.6. The summed E-state index contributed by atoms with van der Waals surface area (Å²) in [6.45, 7) is 0. The van der Waals surface area contributed by atoms with Gasteiger partial charge in [-0.05, 0) is 0 Å². The number of carbonyl (C=O) groups excluding carboxylic acids is 1. The smallest absolute Gasteiger partial charge is 0.313 e. The van der Waals surface area contributed by atoms with Crippen molar-refractivity contribution in [2.24, 2.45) is 5.92 Å². The van der Waals surface area contributed by atoms with Gasteiger partial charge in [-0.15, -0.1) is 11.8 Å². The maximum atomic E-state index is 11.2. The van der Waals surface area contributed by atoms with Crippen LogP contribution < -0.4 is 0 Å². The third kappa shape index (κ3) is 1.68. The SMILES string of the molecule is COC(=O)C1C=C(c2cn[nH]c2)SC1. The molecule has 4 nitrogen and oxygen atoms in total. The summed E-state index contributed by atoms with van der Waals surface area (Å²) in [5.74, 6) is 0.471. The van der Waals surface area contributed by atoms with Crippen LogP contribution in [0.2, 0.25) is 0 Å². The summed E-state index contributed by atoms with van der Waals surface area (Å²) in [6.07, 6.45) is 5.50. The molecule has 0 aliphatic carbocycles. The van der Waals surface area contributed by atoms with Crippen LogP contribution in [0.4, 0.5) is 0 Å². The molecule has 2 rings (SSSR count). The summed E-state index contributed by atoms with van der Waals surface area (Å²) in [4.78, 5) is 12.3. The Morgan fingerprint density at radius 2 is 2.64 bits per heavy atom. The molecule has 1 aliphatic rings. The molecule has 0 saturated heterocycles. The Hall–Kier alpha value is -1.23. The van der Waals surface area contributed by atoms with Gasteiger partial charge in [0.05, 0.1) is 19.2 Å². The second kappa shape index (κ2) is 3.88. The van der Waals surface area contributed by atoms with E-state index in [1.807, 2.05) is 12.3 Å². The monoisotopic (exact) mass is 210 g/mol. The minimum atomic E-state index is -0.170. The number of methoxy groups -OCH3 is 1. The van der Waals surface area contributed by atoms with Gasteiger partial charge in [0.2, 0.25) is 0 Å². The lowest BCUT2D eigenvalue weighted by molar-refractivity contribution is -0.142. The number of nitrogens with zero attached hydrogens (tertiary/aromatic N) is 1. The van der Waals surface area contributed by atoms with Crippen molar-refractivity contribution in [3.8, 4) is 0 Å². The molecule has 5 heteroatoms. The summed E-state index contributed by atoms with van der Waals surface area (Å²) in [7, 11) is 1.41. The number of nitrogens with one attached hydrogen (secondary N) is 1. The number of carbonyl (C=O) groups is 1. The molecule has 0 spiro atoms. The number of esters is 1. The number of H-pyrrole nitrogens is 1. The van der Waals surface area contributed by atoms with Crippen LogP contribution in [0.5, 0.6) is 0 Å². The van der Waals surface area contributed by atoms with Crippen LogP contribution in [-0.2, 0) is 9.53 Å². The number of rotatable bonds is 2. The number of aromatic nitrogens is 2. The van der Waals surface area contributed by atoms with Gasteiger partial charge >= 0.3 is 5.97 Å². The molecule has 2 heterocycles. The van der Waals surface area contributed by atoms with Crippen LogP contribution in [-0.4, -0.2) is 29.0 Å². The number of ether oxygens (including phenoxy) is 1. The van der Waals surface area contributed by atoms with Crippen molar-refractivity contribution < 1.29 is 9.53 Å². The molecule has 1 aliphatic heterocycles. The highest BCUT2D eigenvalue weighted by Gasteiger charge is 2.24. The van der Waals surface area contributed by atoms with Crippen molar-refractivity contribution >= 4 is 22.6 Å². The second-order valence-corrected chi connectivity index (χ2v) is 4.02. The molecular formula is C9H10N2O2S. The van der Waals surface area contributed by atoms with Crippen LogP contribution in [0, 0.1) is 5.92 Å². The van der Waals surface area contributed by atoms with E-state index in [2.05, 4.69) is 14.9 Å². The molecule has 1 aromatic heterocycles. The molecule has 0 amide bonds. The Labute approximate surface area is 85.7 Å². The Kier molecular flexibility index (Phi) is 2.58.